The fourth-order valence-corrected chi connectivity index (χ4v) is 2.85. The number of halogens is 1. The lowest BCUT2D eigenvalue weighted by Gasteiger charge is -2.22. The summed E-state index contributed by atoms with van der Waals surface area (Å²) in [4.78, 5) is 2.21. The molecule has 0 bridgehead atoms. The van der Waals surface area contributed by atoms with Gasteiger partial charge in [-0.1, -0.05) is 42.5 Å². The molecule has 0 aliphatic heterocycles. The molecule has 1 atom stereocenters. The van der Waals surface area contributed by atoms with Crippen LogP contribution in [-0.2, 0) is 0 Å². The SMILES string of the molecule is Cc1ccccc1C(CCCN(C)C)c1ccccc1O.Cl. The number of aryl methyl sites for hydroxylation is 1. The summed E-state index contributed by atoms with van der Waals surface area (Å²) in [5.41, 5.74) is 3.64. The number of phenols is 1. The van der Waals surface area contributed by atoms with Crippen LogP contribution < -0.4 is 0 Å². The molecule has 2 aromatic rings. The van der Waals surface area contributed by atoms with Crippen LogP contribution in [0.25, 0.3) is 0 Å². The Morgan fingerprint density at radius 3 is 2.14 bits per heavy atom. The topological polar surface area (TPSA) is 23.5 Å². The van der Waals surface area contributed by atoms with Gasteiger partial charge in [-0.3, -0.25) is 0 Å². The Hall–Kier alpha value is -1.51. The Labute approximate surface area is 140 Å². The van der Waals surface area contributed by atoms with Crippen molar-refractivity contribution in [2.75, 3.05) is 20.6 Å². The number of benzene rings is 2. The third-order valence-corrected chi connectivity index (χ3v) is 3.97. The zero-order chi connectivity index (χ0) is 15.2. The number of para-hydroxylation sites is 1. The molecule has 2 nitrogen and oxygen atoms in total. The van der Waals surface area contributed by atoms with Crippen LogP contribution in [0, 0.1) is 6.92 Å². The van der Waals surface area contributed by atoms with E-state index in [1.807, 2.05) is 18.2 Å². The summed E-state index contributed by atoms with van der Waals surface area (Å²) < 4.78 is 0. The Kier molecular flexibility index (Phi) is 7.43. The molecule has 0 amide bonds. The van der Waals surface area contributed by atoms with Gasteiger partial charge in [-0.15, -0.1) is 12.4 Å². The van der Waals surface area contributed by atoms with Gasteiger partial charge in [-0.2, -0.15) is 0 Å². The van der Waals surface area contributed by atoms with Crippen LogP contribution >= 0.6 is 12.4 Å². The highest BCUT2D eigenvalue weighted by molar-refractivity contribution is 5.85. The summed E-state index contributed by atoms with van der Waals surface area (Å²) in [5.74, 6) is 0.656. The molecule has 3 heteroatoms. The molecule has 0 spiro atoms. The van der Waals surface area contributed by atoms with Gasteiger partial charge in [-0.25, -0.2) is 0 Å². The lowest BCUT2D eigenvalue weighted by molar-refractivity contribution is 0.387. The first-order valence-electron chi connectivity index (χ1n) is 7.57. The minimum atomic E-state index is 0. The predicted molar refractivity (Wildman–Crippen MR) is 96.2 cm³/mol. The molecule has 0 fully saturated rings. The molecule has 1 N–H and O–H groups in total. The second kappa shape index (κ2) is 8.82. The third kappa shape index (κ3) is 4.75. The zero-order valence-corrected chi connectivity index (χ0v) is 14.4. The molecule has 0 aliphatic carbocycles. The van der Waals surface area contributed by atoms with Crippen molar-refractivity contribution in [2.24, 2.45) is 0 Å². The largest absolute Gasteiger partial charge is 0.508 e. The van der Waals surface area contributed by atoms with Gasteiger partial charge < -0.3 is 10.0 Å². The summed E-state index contributed by atoms with van der Waals surface area (Å²) in [6.45, 7) is 3.21. The van der Waals surface area contributed by atoms with Crippen molar-refractivity contribution in [2.45, 2.75) is 25.7 Å². The lowest BCUT2D eigenvalue weighted by atomic mass is 9.84. The number of hydrogen-bond donors (Lipinski definition) is 1. The first-order valence-corrected chi connectivity index (χ1v) is 7.57. The number of hydrogen-bond acceptors (Lipinski definition) is 2. The van der Waals surface area contributed by atoms with E-state index < -0.39 is 0 Å². The quantitative estimate of drug-likeness (QED) is 0.841. The summed E-state index contributed by atoms with van der Waals surface area (Å²) in [5, 5.41) is 10.2. The fraction of sp³-hybridized carbons (Fsp3) is 0.368. The molecular weight excluding hydrogens is 294 g/mol. The first-order chi connectivity index (χ1) is 10.1. The Morgan fingerprint density at radius 2 is 1.55 bits per heavy atom. The Bertz CT molecular complexity index is 538. The first kappa shape index (κ1) is 18.5. The molecule has 0 aliphatic rings. The van der Waals surface area contributed by atoms with E-state index in [1.165, 1.54) is 11.1 Å². The summed E-state index contributed by atoms with van der Waals surface area (Å²) in [6, 6.07) is 16.2. The van der Waals surface area contributed by atoms with Crippen LogP contribution in [0.15, 0.2) is 48.5 Å². The maximum absolute atomic E-state index is 10.2. The maximum atomic E-state index is 10.2. The van der Waals surface area contributed by atoms with Crippen LogP contribution in [0.5, 0.6) is 5.75 Å². The highest BCUT2D eigenvalue weighted by Crippen LogP contribution is 2.35. The van der Waals surface area contributed by atoms with Crippen molar-refractivity contribution >= 4 is 12.4 Å². The molecule has 0 saturated heterocycles. The minimum Gasteiger partial charge on any atom is -0.508 e. The van der Waals surface area contributed by atoms with Gasteiger partial charge in [0.1, 0.15) is 5.75 Å². The molecule has 0 saturated carbocycles. The van der Waals surface area contributed by atoms with Gasteiger partial charge in [-0.05, 0) is 57.6 Å². The van der Waals surface area contributed by atoms with E-state index in [4.69, 9.17) is 0 Å². The average molecular weight is 320 g/mol. The van der Waals surface area contributed by atoms with E-state index in [1.54, 1.807) is 6.07 Å². The standard InChI is InChI=1S/C19H25NO.ClH/c1-15-9-4-5-10-16(15)17(12-8-14-20(2)3)18-11-6-7-13-19(18)21;/h4-7,9-11,13,17,21H,8,12,14H2,1-3H3;1H. The van der Waals surface area contributed by atoms with Crippen LogP contribution in [0.1, 0.15) is 35.4 Å². The molecule has 0 heterocycles. The van der Waals surface area contributed by atoms with E-state index in [9.17, 15) is 5.11 Å². The van der Waals surface area contributed by atoms with Crippen molar-refractivity contribution < 1.29 is 5.11 Å². The highest BCUT2D eigenvalue weighted by atomic mass is 35.5. The van der Waals surface area contributed by atoms with Gasteiger partial charge in [0.15, 0.2) is 0 Å². The molecule has 0 radical (unpaired) electrons. The summed E-state index contributed by atoms with van der Waals surface area (Å²) >= 11 is 0. The highest BCUT2D eigenvalue weighted by Gasteiger charge is 2.18. The van der Waals surface area contributed by atoms with Crippen molar-refractivity contribution in [3.63, 3.8) is 0 Å². The zero-order valence-electron chi connectivity index (χ0n) is 13.6. The van der Waals surface area contributed by atoms with E-state index >= 15 is 0 Å². The fourth-order valence-electron chi connectivity index (χ4n) is 2.85. The average Bonchev–Trinajstić information content (AvgIpc) is 2.45. The monoisotopic (exact) mass is 319 g/mol. The van der Waals surface area contributed by atoms with E-state index in [2.05, 4.69) is 50.2 Å². The third-order valence-electron chi connectivity index (χ3n) is 3.97. The molecule has 2 aromatic carbocycles. The van der Waals surface area contributed by atoms with Crippen molar-refractivity contribution in [3.8, 4) is 5.75 Å². The molecular formula is C19H26ClNO. The maximum Gasteiger partial charge on any atom is 0.119 e. The minimum absolute atomic E-state index is 0. The van der Waals surface area contributed by atoms with Gasteiger partial charge in [0.05, 0.1) is 0 Å². The molecule has 2 rings (SSSR count). The molecule has 120 valence electrons. The Balaban J connectivity index is 0.00000242. The van der Waals surface area contributed by atoms with Crippen molar-refractivity contribution in [1.29, 1.82) is 0 Å². The van der Waals surface area contributed by atoms with Gasteiger partial charge >= 0.3 is 0 Å². The number of phenolic OH excluding ortho intramolecular Hbond substituents is 1. The van der Waals surface area contributed by atoms with E-state index in [-0.39, 0.29) is 18.3 Å². The van der Waals surface area contributed by atoms with Gasteiger partial charge in [0.2, 0.25) is 0 Å². The normalized spacial score (nSPS) is 12.0. The molecule has 1 unspecified atom stereocenters. The van der Waals surface area contributed by atoms with Crippen LogP contribution in [0.2, 0.25) is 0 Å². The van der Waals surface area contributed by atoms with Crippen LogP contribution in [0.4, 0.5) is 0 Å². The second-order valence-electron chi connectivity index (χ2n) is 5.91. The van der Waals surface area contributed by atoms with Crippen molar-refractivity contribution in [1.82, 2.24) is 4.90 Å². The summed E-state index contributed by atoms with van der Waals surface area (Å²) in [6.07, 6.45) is 2.15. The number of rotatable bonds is 6. The number of nitrogens with zero attached hydrogens (tertiary/aromatic N) is 1. The summed E-state index contributed by atoms with van der Waals surface area (Å²) in [7, 11) is 4.20. The van der Waals surface area contributed by atoms with Gasteiger partial charge in [0.25, 0.3) is 0 Å². The van der Waals surface area contributed by atoms with Crippen LogP contribution in [0.3, 0.4) is 0 Å². The Morgan fingerprint density at radius 1 is 0.955 bits per heavy atom. The predicted octanol–water partition coefficient (Wildman–Crippen LogP) is 4.60. The second-order valence-corrected chi connectivity index (χ2v) is 5.91. The smallest absolute Gasteiger partial charge is 0.119 e. The molecule has 0 aromatic heterocycles. The lowest BCUT2D eigenvalue weighted by Crippen LogP contribution is -2.14. The van der Waals surface area contributed by atoms with E-state index in [0.29, 0.717) is 5.75 Å². The van der Waals surface area contributed by atoms with Gasteiger partial charge in [0, 0.05) is 11.5 Å². The van der Waals surface area contributed by atoms with E-state index in [0.717, 1.165) is 24.9 Å². The molecule has 22 heavy (non-hydrogen) atoms. The van der Waals surface area contributed by atoms with Crippen LogP contribution in [-0.4, -0.2) is 30.6 Å². The van der Waals surface area contributed by atoms with Crippen molar-refractivity contribution in [3.05, 3.63) is 65.2 Å². The number of aromatic hydroxyl groups is 1.